The van der Waals surface area contributed by atoms with Crippen molar-refractivity contribution in [2.24, 2.45) is 0 Å². The molecule has 1 aliphatic heterocycles. The first-order chi connectivity index (χ1) is 13.6. The molecular formula is C21H21N5O2. The van der Waals surface area contributed by atoms with Gasteiger partial charge in [0.25, 0.3) is 0 Å². The Kier molecular flexibility index (Phi) is 4.96. The van der Waals surface area contributed by atoms with Crippen LogP contribution >= 0.6 is 0 Å². The molecule has 28 heavy (non-hydrogen) atoms. The van der Waals surface area contributed by atoms with Crippen LogP contribution in [-0.2, 0) is 0 Å². The maximum absolute atomic E-state index is 12.3. The fraction of sp³-hybridized carbons (Fsp3) is 0.286. The van der Waals surface area contributed by atoms with E-state index < -0.39 is 6.09 Å². The second-order valence-corrected chi connectivity index (χ2v) is 7.03. The maximum atomic E-state index is 12.3. The summed E-state index contributed by atoms with van der Waals surface area (Å²) in [5.74, 6) is 1.33. The number of aromatic nitrogens is 2. The van der Waals surface area contributed by atoms with Crippen molar-refractivity contribution >= 4 is 17.1 Å². The SMILES string of the molecule is CN1CC[C@@H](NC(=O)Oc2ccc(C#N)cc2)C[C@@H]1c1nc2ccccc2[nH]1. The molecule has 1 fully saturated rings. The minimum atomic E-state index is -0.484. The topological polar surface area (TPSA) is 94.0 Å². The largest absolute Gasteiger partial charge is 0.412 e. The van der Waals surface area contributed by atoms with Gasteiger partial charge in [0.15, 0.2) is 0 Å². The molecule has 4 rings (SSSR count). The average molecular weight is 375 g/mol. The summed E-state index contributed by atoms with van der Waals surface area (Å²) in [5.41, 5.74) is 2.49. The van der Waals surface area contributed by atoms with Crippen LogP contribution in [0.25, 0.3) is 11.0 Å². The molecule has 0 unspecified atom stereocenters. The Bertz CT molecular complexity index is 988. The highest BCUT2D eigenvalue weighted by Crippen LogP contribution is 2.29. The number of para-hydroxylation sites is 2. The number of carbonyl (C=O) groups excluding carboxylic acids is 1. The number of piperidine rings is 1. The molecule has 2 N–H and O–H groups in total. The van der Waals surface area contributed by atoms with Crippen LogP contribution in [0.5, 0.6) is 5.75 Å². The van der Waals surface area contributed by atoms with E-state index in [4.69, 9.17) is 15.0 Å². The Balaban J connectivity index is 1.41. The number of fused-ring (bicyclic) bond motifs is 1. The lowest BCUT2D eigenvalue weighted by molar-refractivity contribution is 0.142. The third-order valence-electron chi connectivity index (χ3n) is 5.11. The van der Waals surface area contributed by atoms with Crippen molar-refractivity contribution in [2.75, 3.05) is 13.6 Å². The first kappa shape index (κ1) is 18.0. The zero-order chi connectivity index (χ0) is 19.5. The van der Waals surface area contributed by atoms with Gasteiger partial charge in [-0.2, -0.15) is 5.26 Å². The number of ether oxygens (including phenoxy) is 1. The number of carbonyl (C=O) groups is 1. The molecule has 7 heteroatoms. The second kappa shape index (κ2) is 7.71. The molecule has 0 bridgehead atoms. The first-order valence-corrected chi connectivity index (χ1v) is 9.26. The van der Waals surface area contributed by atoms with Gasteiger partial charge in [-0.3, -0.25) is 4.90 Å². The molecule has 1 aromatic heterocycles. The van der Waals surface area contributed by atoms with E-state index in [2.05, 4.69) is 22.2 Å². The molecule has 0 saturated carbocycles. The number of imidazole rings is 1. The van der Waals surface area contributed by atoms with Crippen LogP contribution in [0, 0.1) is 11.3 Å². The van der Waals surface area contributed by atoms with Gasteiger partial charge in [0.2, 0.25) is 0 Å². The molecule has 2 aromatic carbocycles. The van der Waals surface area contributed by atoms with Crippen LogP contribution in [0.2, 0.25) is 0 Å². The predicted octanol–water partition coefficient (Wildman–Crippen LogP) is 3.36. The molecule has 1 saturated heterocycles. The van der Waals surface area contributed by atoms with Gasteiger partial charge in [0, 0.05) is 12.6 Å². The number of amides is 1. The van der Waals surface area contributed by atoms with Crippen molar-refractivity contribution in [1.82, 2.24) is 20.2 Å². The van der Waals surface area contributed by atoms with E-state index in [1.54, 1.807) is 24.3 Å². The number of likely N-dealkylation sites (tertiary alicyclic amines) is 1. The summed E-state index contributed by atoms with van der Waals surface area (Å²) in [7, 11) is 2.07. The molecule has 0 aliphatic carbocycles. The molecule has 142 valence electrons. The molecule has 3 aromatic rings. The van der Waals surface area contributed by atoms with Crippen molar-refractivity contribution in [3.63, 3.8) is 0 Å². The number of nitrogens with zero attached hydrogens (tertiary/aromatic N) is 3. The van der Waals surface area contributed by atoms with Gasteiger partial charge in [0.05, 0.1) is 28.7 Å². The van der Waals surface area contributed by atoms with Crippen molar-refractivity contribution in [3.05, 3.63) is 59.9 Å². The van der Waals surface area contributed by atoms with Crippen LogP contribution in [0.15, 0.2) is 48.5 Å². The van der Waals surface area contributed by atoms with E-state index in [-0.39, 0.29) is 12.1 Å². The van der Waals surface area contributed by atoms with E-state index in [9.17, 15) is 4.79 Å². The molecule has 1 amide bonds. The quantitative estimate of drug-likeness (QED) is 0.732. The summed E-state index contributed by atoms with van der Waals surface area (Å²) in [4.78, 5) is 22.6. The molecule has 0 spiro atoms. The van der Waals surface area contributed by atoms with Gasteiger partial charge in [-0.15, -0.1) is 0 Å². The molecule has 1 aliphatic rings. The minimum Gasteiger partial charge on any atom is -0.410 e. The minimum absolute atomic E-state index is 0.000272. The Morgan fingerprint density at radius 3 is 2.82 bits per heavy atom. The normalized spacial score (nSPS) is 19.9. The molecule has 2 atom stereocenters. The number of nitrogens with one attached hydrogen (secondary N) is 2. The van der Waals surface area contributed by atoms with Gasteiger partial charge >= 0.3 is 6.09 Å². The van der Waals surface area contributed by atoms with Crippen molar-refractivity contribution < 1.29 is 9.53 Å². The van der Waals surface area contributed by atoms with E-state index in [1.165, 1.54) is 0 Å². The highest BCUT2D eigenvalue weighted by molar-refractivity contribution is 5.75. The van der Waals surface area contributed by atoms with Crippen molar-refractivity contribution in [1.29, 1.82) is 5.26 Å². The highest BCUT2D eigenvalue weighted by atomic mass is 16.6. The standard InChI is InChI=1S/C21H21N5O2/c1-26-11-10-15(23-21(27)28-16-8-6-14(13-22)7-9-16)12-19(26)20-24-17-4-2-3-5-18(17)25-20/h2-9,15,19H,10-12H2,1H3,(H,23,27)(H,24,25)/t15-,19-/m1/s1. The monoisotopic (exact) mass is 375 g/mol. The second-order valence-electron chi connectivity index (χ2n) is 7.03. The number of benzene rings is 2. The third-order valence-corrected chi connectivity index (χ3v) is 5.11. The average Bonchev–Trinajstić information content (AvgIpc) is 3.14. The van der Waals surface area contributed by atoms with Gasteiger partial charge < -0.3 is 15.0 Å². The molecule has 7 nitrogen and oxygen atoms in total. The van der Waals surface area contributed by atoms with Crippen LogP contribution in [-0.4, -0.2) is 40.6 Å². The zero-order valence-corrected chi connectivity index (χ0v) is 15.6. The molecular weight excluding hydrogens is 354 g/mol. The summed E-state index contributed by atoms with van der Waals surface area (Å²) in [5, 5.41) is 11.8. The van der Waals surface area contributed by atoms with Crippen molar-refractivity contribution in [2.45, 2.75) is 24.9 Å². The van der Waals surface area contributed by atoms with Gasteiger partial charge in [-0.25, -0.2) is 9.78 Å². The highest BCUT2D eigenvalue weighted by Gasteiger charge is 2.30. The Labute approximate surface area is 162 Å². The fourth-order valence-electron chi connectivity index (χ4n) is 3.57. The number of rotatable bonds is 3. The number of H-pyrrole nitrogens is 1. The summed E-state index contributed by atoms with van der Waals surface area (Å²) >= 11 is 0. The van der Waals surface area contributed by atoms with Crippen LogP contribution in [0.4, 0.5) is 4.79 Å². The lowest BCUT2D eigenvalue weighted by Crippen LogP contribution is -2.46. The number of hydrogen-bond acceptors (Lipinski definition) is 5. The summed E-state index contributed by atoms with van der Waals surface area (Å²) < 4.78 is 5.34. The number of aromatic amines is 1. The van der Waals surface area contributed by atoms with Gasteiger partial charge in [-0.1, -0.05) is 12.1 Å². The van der Waals surface area contributed by atoms with E-state index in [0.717, 1.165) is 36.2 Å². The summed E-state index contributed by atoms with van der Waals surface area (Å²) in [6.07, 6.45) is 1.11. The molecule has 2 heterocycles. The maximum Gasteiger partial charge on any atom is 0.412 e. The number of hydrogen-bond donors (Lipinski definition) is 2. The lowest BCUT2D eigenvalue weighted by Gasteiger charge is -2.36. The van der Waals surface area contributed by atoms with Crippen LogP contribution < -0.4 is 10.1 Å². The summed E-state index contributed by atoms with van der Waals surface area (Å²) in [6, 6.07) is 16.6. The zero-order valence-electron chi connectivity index (χ0n) is 15.6. The summed E-state index contributed by atoms with van der Waals surface area (Å²) in [6.45, 7) is 0.851. The fourth-order valence-corrected chi connectivity index (χ4v) is 3.57. The smallest absolute Gasteiger partial charge is 0.410 e. The lowest BCUT2D eigenvalue weighted by atomic mass is 9.97. The Morgan fingerprint density at radius 2 is 2.07 bits per heavy atom. The Hall–Kier alpha value is -3.37. The van der Waals surface area contributed by atoms with Gasteiger partial charge in [-0.05, 0) is 56.3 Å². The number of nitriles is 1. The van der Waals surface area contributed by atoms with Crippen molar-refractivity contribution in [3.8, 4) is 11.8 Å². The van der Waals surface area contributed by atoms with Crippen LogP contribution in [0.3, 0.4) is 0 Å². The third kappa shape index (κ3) is 3.82. The Morgan fingerprint density at radius 1 is 1.29 bits per heavy atom. The van der Waals surface area contributed by atoms with E-state index in [1.807, 2.05) is 30.3 Å². The molecule has 0 radical (unpaired) electrons. The predicted molar refractivity (Wildman–Crippen MR) is 105 cm³/mol. The van der Waals surface area contributed by atoms with E-state index >= 15 is 0 Å². The first-order valence-electron chi connectivity index (χ1n) is 9.26. The van der Waals surface area contributed by atoms with E-state index in [0.29, 0.717) is 11.3 Å². The van der Waals surface area contributed by atoms with Gasteiger partial charge in [0.1, 0.15) is 11.6 Å². The van der Waals surface area contributed by atoms with Crippen LogP contribution in [0.1, 0.15) is 30.3 Å².